The first kappa shape index (κ1) is 13.8. The molecule has 2 rings (SSSR count). The summed E-state index contributed by atoms with van der Waals surface area (Å²) >= 11 is 0. The van der Waals surface area contributed by atoms with Crippen LogP contribution < -0.4 is 5.32 Å². The van der Waals surface area contributed by atoms with Gasteiger partial charge >= 0.3 is 0 Å². The van der Waals surface area contributed by atoms with Gasteiger partial charge in [-0.2, -0.15) is 0 Å². The van der Waals surface area contributed by atoms with Crippen LogP contribution in [0.5, 0.6) is 0 Å². The molecule has 0 saturated carbocycles. The van der Waals surface area contributed by atoms with Gasteiger partial charge in [0.15, 0.2) is 0 Å². The van der Waals surface area contributed by atoms with Gasteiger partial charge in [-0.3, -0.25) is 0 Å². The fourth-order valence-corrected chi connectivity index (χ4v) is 2.46. The van der Waals surface area contributed by atoms with E-state index in [1.54, 1.807) is 0 Å². The highest BCUT2D eigenvalue weighted by atomic mass is 15.1. The zero-order valence-corrected chi connectivity index (χ0v) is 12.3. The van der Waals surface area contributed by atoms with Crippen molar-refractivity contribution in [3.63, 3.8) is 0 Å². The first-order valence-corrected chi connectivity index (χ1v) is 6.90. The van der Waals surface area contributed by atoms with Gasteiger partial charge in [0.25, 0.3) is 0 Å². The molecular weight excluding hydrogens is 234 g/mol. The molecule has 3 heteroatoms. The van der Waals surface area contributed by atoms with Crippen molar-refractivity contribution in [1.29, 1.82) is 0 Å². The molecule has 0 aliphatic rings. The van der Waals surface area contributed by atoms with E-state index >= 15 is 0 Å². The third kappa shape index (κ3) is 3.04. The molecule has 1 aromatic heterocycles. The quantitative estimate of drug-likeness (QED) is 0.892. The average Bonchev–Trinajstić information content (AvgIpc) is 2.78. The van der Waals surface area contributed by atoms with Gasteiger partial charge in [0.1, 0.15) is 0 Å². The molecule has 1 unspecified atom stereocenters. The van der Waals surface area contributed by atoms with E-state index < -0.39 is 0 Å². The van der Waals surface area contributed by atoms with E-state index in [9.17, 15) is 0 Å². The third-order valence-electron chi connectivity index (χ3n) is 3.48. The van der Waals surface area contributed by atoms with Gasteiger partial charge in [0.05, 0.1) is 24.3 Å². The van der Waals surface area contributed by atoms with Crippen molar-refractivity contribution in [1.82, 2.24) is 14.9 Å². The highest BCUT2D eigenvalue weighted by Crippen LogP contribution is 2.25. The summed E-state index contributed by atoms with van der Waals surface area (Å²) < 4.78 is 2.09. The Morgan fingerprint density at radius 2 is 2.11 bits per heavy atom. The Kier molecular flexibility index (Phi) is 4.38. The van der Waals surface area contributed by atoms with Crippen LogP contribution in [-0.2, 0) is 7.05 Å². The summed E-state index contributed by atoms with van der Waals surface area (Å²) in [4.78, 5) is 4.25. The van der Waals surface area contributed by atoms with Crippen molar-refractivity contribution in [2.75, 3.05) is 6.54 Å². The SMILES string of the molecule is CCCNC(c1ccc(C)cc1C)c1cncn1C. The number of nitrogens with zero attached hydrogens (tertiary/aromatic N) is 2. The maximum atomic E-state index is 4.25. The molecule has 3 nitrogen and oxygen atoms in total. The third-order valence-corrected chi connectivity index (χ3v) is 3.48. The molecule has 0 aliphatic carbocycles. The first-order valence-electron chi connectivity index (χ1n) is 6.90. The van der Waals surface area contributed by atoms with E-state index in [0.29, 0.717) is 0 Å². The summed E-state index contributed by atoms with van der Waals surface area (Å²) in [6, 6.07) is 6.87. The highest BCUT2D eigenvalue weighted by molar-refractivity contribution is 5.36. The smallest absolute Gasteiger partial charge is 0.0946 e. The fourth-order valence-electron chi connectivity index (χ4n) is 2.46. The maximum Gasteiger partial charge on any atom is 0.0946 e. The van der Waals surface area contributed by atoms with Crippen LogP contribution in [0.15, 0.2) is 30.7 Å². The van der Waals surface area contributed by atoms with Gasteiger partial charge in [-0.1, -0.05) is 30.7 Å². The van der Waals surface area contributed by atoms with Crippen molar-refractivity contribution < 1.29 is 0 Å². The fraction of sp³-hybridized carbons (Fsp3) is 0.438. The predicted molar refractivity (Wildman–Crippen MR) is 79.3 cm³/mol. The van der Waals surface area contributed by atoms with Crippen LogP contribution in [0.25, 0.3) is 0 Å². The van der Waals surface area contributed by atoms with Crippen molar-refractivity contribution in [2.24, 2.45) is 7.05 Å². The molecule has 0 spiro atoms. The van der Waals surface area contributed by atoms with Crippen LogP contribution in [0.2, 0.25) is 0 Å². The minimum absolute atomic E-state index is 0.216. The summed E-state index contributed by atoms with van der Waals surface area (Å²) in [5.41, 5.74) is 5.18. The van der Waals surface area contributed by atoms with E-state index in [2.05, 4.69) is 53.8 Å². The van der Waals surface area contributed by atoms with Crippen LogP contribution in [0.3, 0.4) is 0 Å². The Morgan fingerprint density at radius 1 is 1.32 bits per heavy atom. The van der Waals surface area contributed by atoms with Gasteiger partial charge in [-0.15, -0.1) is 0 Å². The monoisotopic (exact) mass is 257 g/mol. The maximum absolute atomic E-state index is 4.25. The molecule has 0 amide bonds. The molecule has 1 N–H and O–H groups in total. The van der Waals surface area contributed by atoms with Crippen LogP contribution in [0, 0.1) is 13.8 Å². The zero-order chi connectivity index (χ0) is 13.8. The lowest BCUT2D eigenvalue weighted by molar-refractivity contribution is 0.567. The molecule has 19 heavy (non-hydrogen) atoms. The molecule has 0 radical (unpaired) electrons. The number of nitrogens with one attached hydrogen (secondary N) is 1. The summed E-state index contributed by atoms with van der Waals surface area (Å²) in [7, 11) is 2.05. The lowest BCUT2D eigenvalue weighted by Gasteiger charge is -2.21. The normalized spacial score (nSPS) is 12.6. The second-order valence-corrected chi connectivity index (χ2v) is 5.18. The number of rotatable bonds is 5. The molecule has 1 heterocycles. The van der Waals surface area contributed by atoms with E-state index in [1.807, 2.05) is 19.6 Å². The number of imidazole rings is 1. The largest absolute Gasteiger partial charge is 0.336 e. The first-order chi connectivity index (χ1) is 9.13. The predicted octanol–water partition coefficient (Wildman–Crippen LogP) is 3.13. The Labute approximate surface area is 115 Å². The van der Waals surface area contributed by atoms with Crippen molar-refractivity contribution in [3.05, 3.63) is 53.1 Å². The Hall–Kier alpha value is -1.61. The van der Waals surface area contributed by atoms with E-state index in [1.165, 1.54) is 22.4 Å². The van der Waals surface area contributed by atoms with E-state index in [4.69, 9.17) is 0 Å². The molecule has 1 aromatic carbocycles. The van der Waals surface area contributed by atoms with Gasteiger partial charge in [0, 0.05) is 7.05 Å². The molecule has 0 saturated heterocycles. The number of aromatic nitrogens is 2. The highest BCUT2D eigenvalue weighted by Gasteiger charge is 2.18. The van der Waals surface area contributed by atoms with E-state index in [0.717, 1.165) is 13.0 Å². The molecule has 0 fully saturated rings. The van der Waals surface area contributed by atoms with Crippen LogP contribution in [0.1, 0.15) is 41.8 Å². The average molecular weight is 257 g/mol. The molecule has 0 aliphatic heterocycles. The lowest BCUT2D eigenvalue weighted by Crippen LogP contribution is -2.25. The zero-order valence-electron chi connectivity index (χ0n) is 12.3. The number of benzene rings is 1. The Morgan fingerprint density at radius 3 is 2.68 bits per heavy atom. The number of hydrogen-bond donors (Lipinski definition) is 1. The molecular formula is C16H23N3. The van der Waals surface area contributed by atoms with Crippen LogP contribution >= 0.6 is 0 Å². The molecule has 0 bridgehead atoms. The Balaban J connectivity index is 2.40. The van der Waals surface area contributed by atoms with Crippen LogP contribution in [-0.4, -0.2) is 16.1 Å². The summed E-state index contributed by atoms with van der Waals surface area (Å²) in [5, 5.41) is 3.63. The van der Waals surface area contributed by atoms with Crippen LogP contribution in [0.4, 0.5) is 0 Å². The lowest BCUT2D eigenvalue weighted by atomic mass is 9.97. The van der Waals surface area contributed by atoms with E-state index in [-0.39, 0.29) is 6.04 Å². The standard InChI is InChI=1S/C16H23N3/c1-5-8-18-16(15-10-17-11-19(15)4)14-7-6-12(2)9-13(14)3/h6-7,9-11,16,18H,5,8H2,1-4H3. The number of hydrogen-bond acceptors (Lipinski definition) is 2. The second kappa shape index (κ2) is 6.02. The Bertz CT molecular complexity index is 543. The van der Waals surface area contributed by atoms with Crippen molar-refractivity contribution in [2.45, 2.75) is 33.2 Å². The minimum Gasteiger partial charge on any atom is -0.336 e. The topological polar surface area (TPSA) is 29.9 Å². The van der Waals surface area contributed by atoms with Gasteiger partial charge in [0.2, 0.25) is 0 Å². The molecule has 2 aromatic rings. The van der Waals surface area contributed by atoms with Crippen molar-refractivity contribution >= 4 is 0 Å². The summed E-state index contributed by atoms with van der Waals surface area (Å²) in [6.07, 6.45) is 4.94. The molecule has 1 atom stereocenters. The number of aryl methyl sites for hydroxylation is 3. The summed E-state index contributed by atoms with van der Waals surface area (Å²) in [5.74, 6) is 0. The van der Waals surface area contributed by atoms with Gasteiger partial charge < -0.3 is 9.88 Å². The minimum atomic E-state index is 0.216. The second-order valence-electron chi connectivity index (χ2n) is 5.18. The van der Waals surface area contributed by atoms with Gasteiger partial charge in [-0.25, -0.2) is 4.98 Å². The van der Waals surface area contributed by atoms with Crippen molar-refractivity contribution in [3.8, 4) is 0 Å². The molecule has 102 valence electrons. The van der Waals surface area contributed by atoms with Gasteiger partial charge in [-0.05, 0) is 37.9 Å². The summed E-state index contributed by atoms with van der Waals surface area (Å²) in [6.45, 7) is 7.51.